The highest BCUT2D eigenvalue weighted by Gasteiger charge is 2.40. The molecule has 1 atom stereocenters. The summed E-state index contributed by atoms with van der Waals surface area (Å²) in [4.78, 5) is 28.7. The molecule has 0 N–H and O–H groups in total. The molecule has 7 nitrogen and oxygen atoms in total. The van der Waals surface area contributed by atoms with Crippen LogP contribution < -0.4 is 14.5 Å². The fourth-order valence-corrected chi connectivity index (χ4v) is 4.96. The van der Waals surface area contributed by atoms with Crippen molar-refractivity contribution in [3.63, 3.8) is 0 Å². The smallest absolute Gasteiger partial charge is 0.241 e. The first-order chi connectivity index (χ1) is 14.9. The van der Waals surface area contributed by atoms with Gasteiger partial charge in [-0.05, 0) is 62.9 Å². The van der Waals surface area contributed by atoms with Gasteiger partial charge in [0.05, 0.1) is 13.2 Å². The van der Waals surface area contributed by atoms with E-state index >= 15 is 0 Å². The number of carbonyl (C=O) groups excluding carboxylic acids is 1. The van der Waals surface area contributed by atoms with Crippen LogP contribution in [0.3, 0.4) is 0 Å². The van der Waals surface area contributed by atoms with E-state index in [2.05, 4.69) is 52.7 Å². The summed E-state index contributed by atoms with van der Waals surface area (Å²) in [5.74, 6) is 2.17. The highest BCUT2D eigenvalue weighted by Crippen LogP contribution is 2.44. The van der Waals surface area contributed by atoms with Crippen molar-refractivity contribution in [3.8, 4) is 5.75 Å². The molecular formula is C24H33N5O2. The minimum atomic E-state index is -0.226. The fraction of sp³-hybridized carbons (Fsp3) is 0.542. The predicted octanol–water partition coefficient (Wildman–Crippen LogP) is 3.32. The largest absolute Gasteiger partial charge is 0.494 e. The van der Waals surface area contributed by atoms with Crippen molar-refractivity contribution in [1.82, 2.24) is 14.9 Å². The standard InChI is InChI=1S/C24H33N5O2/c1-5-31-19-7-8-21-20(15-19)18(2)16-24(3,4)29(21)22(30)17-27-11-13-28(14-12-27)23-25-9-6-10-26-23/h6-10,15,18H,5,11-14,16-17H2,1-4H3/t18-/m0/s1. The van der Waals surface area contributed by atoms with E-state index in [0.717, 1.165) is 50.0 Å². The second-order valence-electron chi connectivity index (χ2n) is 9.11. The summed E-state index contributed by atoms with van der Waals surface area (Å²) in [7, 11) is 0. The molecule has 1 saturated heterocycles. The van der Waals surface area contributed by atoms with Crippen LogP contribution in [0.5, 0.6) is 5.75 Å². The Morgan fingerprint density at radius 1 is 1.16 bits per heavy atom. The first-order valence-electron chi connectivity index (χ1n) is 11.2. The van der Waals surface area contributed by atoms with Gasteiger partial charge in [0.25, 0.3) is 0 Å². The summed E-state index contributed by atoms with van der Waals surface area (Å²) in [6.45, 7) is 12.9. The molecule has 0 saturated carbocycles. The molecule has 0 unspecified atom stereocenters. The van der Waals surface area contributed by atoms with Gasteiger partial charge in [0.15, 0.2) is 0 Å². The number of hydrogen-bond acceptors (Lipinski definition) is 6. The van der Waals surface area contributed by atoms with Gasteiger partial charge >= 0.3 is 0 Å². The van der Waals surface area contributed by atoms with Gasteiger partial charge in [-0.2, -0.15) is 0 Å². The molecule has 7 heteroatoms. The first-order valence-corrected chi connectivity index (χ1v) is 11.2. The third kappa shape index (κ3) is 4.51. The van der Waals surface area contributed by atoms with Gasteiger partial charge in [0.2, 0.25) is 11.9 Å². The number of fused-ring (bicyclic) bond motifs is 1. The lowest BCUT2D eigenvalue weighted by Gasteiger charge is -2.47. The van der Waals surface area contributed by atoms with E-state index in [1.165, 1.54) is 5.56 Å². The van der Waals surface area contributed by atoms with E-state index in [4.69, 9.17) is 4.74 Å². The molecule has 2 aliphatic rings. The Morgan fingerprint density at radius 3 is 2.55 bits per heavy atom. The van der Waals surface area contributed by atoms with E-state index in [1.54, 1.807) is 12.4 Å². The van der Waals surface area contributed by atoms with Crippen LogP contribution >= 0.6 is 0 Å². The summed E-state index contributed by atoms with van der Waals surface area (Å²) in [6.07, 6.45) is 4.47. The van der Waals surface area contributed by atoms with Gasteiger partial charge < -0.3 is 14.5 Å². The molecule has 0 bridgehead atoms. The molecule has 0 radical (unpaired) electrons. The molecule has 4 rings (SSSR count). The average molecular weight is 424 g/mol. The number of ether oxygens (including phenoxy) is 1. The fourth-order valence-electron chi connectivity index (χ4n) is 4.96. The molecule has 0 spiro atoms. The SMILES string of the molecule is CCOc1ccc2c(c1)[C@@H](C)CC(C)(C)N2C(=O)CN1CCN(c2ncccn2)CC1. The van der Waals surface area contributed by atoms with Crippen molar-refractivity contribution >= 4 is 17.5 Å². The number of nitrogens with zero attached hydrogens (tertiary/aromatic N) is 5. The predicted molar refractivity (Wildman–Crippen MR) is 123 cm³/mol. The lowest BCUT2D eigenvalue weighted by Crippen LogP contribution is -2.56. The van der Waals surface area contributed by atoms with Crippen molar-refractivity contribution in [2.24, 2.45) is 0 Å². The molecule has 2 aliphatic heterocycles. The third-order valence-electron chi connectivity index (χ3n) is 6.31. The van der Waals surface area contributed by atoms with E-state index in [-0.39, 0.29) is 11.4 Å². The molecule has 2 aromatic rings. The molecule has 166 valence electrons. The summed E-state index contributed by atoms with van der Waals surface area (Å²) in [5, 5.41) is 0. The summed E-state index contributed by atoms with van der Waals surface area (Å²) in [6, 6.07) is 7.97. The maximum Gasteiger partial charge on any atom is 0.241 e. The highest BCUT2D eigenvalue weighted by molar-refractivity contribution is 5.97. The molecular weight excluding hydrogens is 390 g/mol. The quantitative estimate of drug-likeness (QED) is 0.735. The number of amides is 1. The average Bonchev–Trinajstić information content (AvgIpc) is 2.75. The number of hydrogen-bond donors (Lipinski definition) is 0. The third-order valence-corrected chi connectivity index (χ3v) is 6.31. The van der Waals surface area contributed by atoms with Crippen LogP contribution in [-0.4, -0.2) is 65.6 Å². The second-order valence-corrected chi connectivity index (χ2v) is 9.11. The Kier molecular flexibility index (Phi) is 6.14. The Bertz CT molecular complexity index is 909. The summed E-state index contributed by atoms with van der Waals surface area (Å²) >= 11 is 0. The van der Waals surface area contributed by atoms with Crippen molar-refractivity contribution in [2.45, 2.75) is 45.6 Å². The van der Waals surface area contributed by atoms with Crippen LogP contribution in [0.1, 0.15) is 45.6 Å². The van der Waals surface area contributed by atoms with Crippen molar-refractivity contribution in [1.29, 1.82) is 0 Å². The number of rotatable bonds is 5. The van der Waals surface area contributed by atoms with E-state index in [1.807, 2.05) is 24.0 Å². The van der Waals surface area contributed by atoms with Crippen molar-refractivity contribution in [2.75, 3.05) is 49.1 Å². The maximum atomic E-state index is 13.5. The van der Waals surface area contributed by atoms with Crippen molar-refractivity contribution in [3.05, 3.63) is 42.2 Å². The molecule has 31 heavy (non-hydrogen) atoms. The van der Waals surface area contributed by atoms with Gasteiger partial charge in [-0.15, -0.1) is 0 Å². The van der Waals surface area contributed by atoms with Crippen LogP contribution in [0.15, 0.2) is 36.7 Å². The summed E-state index contributed by atoms with van der Waals surface area (Å²) < 4.78 is 5.71. The molecule has 1 aromatic carbocycles. The number of piperazine rings is 1. The topological polar surface area (TPSA) is 61.8 Å². The zero-order valence-corrected chi connectivity index (χ0v) is 19.0. The Hall–Kier alpha value is -2.67. The highest BCUT2D eigenvalue weighted by atomic mass is 16.5. The minimum Gasteiger partial charge on any atom is -0.494 e. The molecule has 0 aliphatic carbocycles. The molecule has 1 aromatic heterocycles. The number of carbonyl (C=O) groups is 1. The molecule has 1 amide bonds. The van der Waals surface area contributed by atoms with Gasteiger partial charge in [-0.25, -0.2) is 9.97 Å². The Morgan fingerprint density at radius 2 is 1.87 bits per heavy atom. The van der Waals surface area contributed by atoms with Crippen LogP contribution in [0.4, 0.5) is 11.6 Å². The zero-order valence-electron chi connectivity index (χ0n) is 19.0. The van der Waals surface area contributed by atoms with Gasteiger partial charge in [-0.1, -0.05) is 6.92 Å². The lowest BCUT2D eigenvalue weighted by atomic mass is 9.80. The summed E-state index contributed by atoms with van der Waals surface area (Å²) in [5.41, 5.74) is 1.99. The van der Waals surface area contributed by atoms with Crippen LogP contribution in [0.25, 0.3) is 0 Å². The zero-order chi connectivity index (χ0) is 22.0. The minimum absolute atomic E-state index is 0.159. The normalized spacial score (nSPS) is 21.0. The van der Waals surface area contributed by atoms with Gasteiger partial charge in [0, 0.05) is 49.8 Å². The first kappa shape index (κ1) is 21.6. The van der Waals surface area contributed by atoms with Crippen molar-refractivity contribution < 1.29 is 9.53 Å². The number of anilines is 2. The Labute approximate surface area is 185 Å². The maximum absolute atomic E-state index is 13.5. The van der Waals surface area contributed by atoms with Crippen LogP contribution in [0, 0.1) is 0 Å². The van der Waals surface area contributed by atoms with Crippen LogP contribution in [-0.2, 0) is 4.79 Å². The van der Waals surface area contributed by atoms with Gasteiger partial charge in [-0.3, -0.25) is 9.69 Å². The van der Waals surface area contributed by atoms with Crippen LogP contribution in [0.2, 0.25) is 0 Å². The molecule has 3 heterocycles. The van der Waals surface area contributed by atoms with E-state index in [0.29, 0.717) is 19.1 Å². The second kappa shape index (κ2) is 8.83. The molecule has 1 fully saturated rings. The van der Waals surface area contributed by atoms with Gasteiger partial charge in [0.1, 0.15) is 5.75 Å². The van der Waals surface area contributed by atoms with E-state index < -0.39 is 0 Å². The monoisotopic (exact) mass is 423 g/mol. The number of aromatic nitrogens is 2. The Balaban J connectivity index is 1.47. The lowest BCUT2D eigenvalue weighted by molar-refractivity contribution is -0.121. The van der Waals surface area contributed by atoms with E-state index in [9.17, 15) is 4.79 Å². The number of benzene rings is 1.